The Bertz CT molecular complexity index is 760. The van der Waals surface area contributed by atoms with Gasteiger partial charge in [0.15, 0.2) is 0 Å². The lowest BCUT2D eigenvalue weighted by molar-refractivity contribution is 0.274. The normalized spacial score (nSPS) is 15.8. The number of fused-ring (bicyclic) bond motifs is 1. The summed E-state index contributed by atoms with van der Waals surface area (Å²) >= 11 is 0. The van der Waals surface area contributed by atoms with Crippen LogP contribution in [0, 0.1) is 6.92 Å². The molecule has 0 unspecified atom stereocenters. The van der Waals surface area contributed by atoms with Gasteiger partial charge in [-0.05, 0) is 24.6 Å². The van der Waals surface area contributed by atoms with Crippen LogP contribution in [-0.2, 0) is 10.0 Å². The van der Waals surface area contributed by atoms with E-state index in [0.29, 0.717) is 18.6 Å². The van der Waals surface area contributed by atoms with E-state index in [0.717, 1.165) is 10.9 Å². The van der Waals surface area contributed by atoms with Gasteiger partial charge < -0.3 is 5.32 Å². The zero-order valence-corrected chi connectivity index (χ0v) is 13.5. The van der Waals surface area contributed by atoms with Crippen LogP contribution in [0.4, 0.5) is 0 Å². The second-order valence-corrected chi connectivity index (χ2v) is 7.14. The maximum atomic E-state index is 12.7. The highest BCUT2D eigenvalue weighted by molar-refractivity contribution is 7.89. The molecule has 1 aromatic carbocycles. The predicted molar refractivity (Wildman–Crippen MR) is 85.3 cm³/mol. The Balaban J connectivity index is 0.00000161. The Morgan fingerprint density at radius 1 is 1.33 bits per heavy atom. The molecule has 1 aliphatic heterocycles. The number of nitrogens with zero attached hydrogens (tertiary/aromatic N) is 2. The van der Waals surface area contributed by atoms with Crippen LogP contribution in [-0.4, -0.2) is 43.9 Å². The van der Waals surface area contributed by atoms with Gasteiger partial charge >= 0.3 is 0 Å². The molecule has 0 radical (unpaired) electrons. The van der Waals surface area contributed by atoms with Crippen molar-refractivity contribution in [2.75, 3.05) is 20.1 Å². The predicted octanol–water partition coefficient (Wildman–Crippen LogP) is 1.56. The van der Waals surface area contributed by atoms with Gasteiger partial charge in [-0.3, -0.25) is 4.98 Å². The molecule has 7 heteroatoms. The molecule has 0 amide bonds. The molecule has 0 saturated carbocycles. The van der Waals surface area contributed by atoms with Crippen molar-refractivity contribution in [3.63, 3.8) is 0 Å². The summed E-state index contributed by atoms with van der Waals surface area (Å²) in [5, 5.41) is 3.94. The molecule has 0 aliphatic carbocycles. The number of halogens is 1. The number of hydrogen-bond donors (Lipinski definition) is 1. The number of sulfonamides is 1. The molecule has 5 nitrogen and oxygen atoms in total. The van der Waals surface area contributed by atoms with Crippen molar-refractivity contribution in [1.29, 1.82) is 0 Å². The largest absolute Gasteiger partial charge is 0.313 e. The minimum Gasteiger partial charge on any atom is -0.313 e. The van der Waals surface area contributed by atoms with Crippen molar-refractivity contribution in [3.8, 4) is 0 Å². The quantitative estimate of drug-likeness (QED) is 0.929. The summed E-state index contributed by atoms with van der Waals surface area (Å²) in [5.41, 5.74) is 1.56. The Morgan fingerprint density at radius 3 is 2.67 bits per heavy atom. The van der Waals surface area contributed by atoms with E-state index in [2.05, 4.69) is 10.3 Å². The van der Waals surface area contributed by atoms with Gasteiger partial charge in [-0.15, -0.1) is 12.4 Å². The van der Waals surface area contributed by atoms with Crippen LogP contribution in [0.25, 0.3) is 10.9 Å². The zero-order valence-electron chi connectivity index (χ0n) is 11.9. The molecule has 2 heterocycles. The molecule has 1 N–H and O–H groups in total. The number of pyridine rings is 1. The minimum atomic E-state index is -3.51. The molecule has 0 bridgehead atoms. The Hall–Kier alpha value is -1.21. The number of hydrogen-bond acceptors (Lipinski definition) is 4. The van der Waals surface area contributed by atoms with Gasteiger partial charge in [-0.2, -0.15) is 4.31 Å². The van der Waals surface area contributed by atoms with Crippen LogP contribution in [0.1, 0.15) is 5.56 Å². The lowest BCUT2D eigenvalue weighted by Gasteiger charge is -2.34. The van der Waals surface area contributed by atoms with E-state index in [-0.39, 0.29) is 23.3 Å². The van der Waals surface area contributed by atoms with Crippen LogP contribution in [0.3, 0.4) is 0 Å². The SMILES string of the molecule is Cc1cnc2c(S(=O)(=O)N(C)C3CNC3)cccc2c1.Cl. The molecule has 1 fully saturated rings. The van der Waals surface area contributed by atoms with Gasteiger partial charge in [-0.25, -0.2) is 8.42 Å². The molecule has 1 aliphatic rings. The van der Waals surface area contributed by atoms with Gasteiger partial charge in [0.05, 0.1) is 5.52 Å². The Kier molecular flexibility index (Phi) is 4.53. The smallest absolute Gasteiger partial charge is 0.245 e. The van der Waals surface area contributed by atoms with E-state index in [1.54, 1.807) is 25.4 Å². The van der Waals surface area contributed by atoms with E-state index >= 15 is 0 Å². The molecular formula is C14H18ClN3O2S. The third kappa shape index (κ3) is 2.76. The first-order valence-corrected chi connectivity index (χ1v) is 7.98. The Morgan fingerprint density at radius 2 is 2.05 bits per heavy atom. The van der Waals surface area contributed by atoms with Crippen molar-refractivity contribution >= 4 is 33.3 Å². The fraction of sp³-hybridized carbons (Fsp3) is 0.357. The topological polar surface area (TPSA) is 62.3 Å². The monoisotopic (exact) mass is 327 g/mol. The zero-order chi connectivity index (χ0) is 14.3. The number of likely N-dealkylation sites (N-methyl/N-ethyl adjacent to an activating group) is 1. The summed E-state index contributed by atoms with van der Waals surface area (Å²) in [4.78, 5) is 4.59. The molecule has 21 heavy (non-hydrogen) atoms. The first-order chi connectivity index (χ1) is 9.50. The summed E-state index contributed by atoms with van der Waals surface area (Å²) in [6.45, 7) is 3.35. The van der Waals surface area contributed by atoms with Gasteiger partial charge in [0.25, 0.3) is 0 Å². The van der Waals surface area contributed by atoms with E-state index in [1.807, 2.05) is 19.1 Å². The molecule has 1 saturated heterocycles. The summed E-state index contributed by atoms with van der Waals surface area (Å²) in [5.74, 6) is 0. The molecular weight excluding hydrogens is 310 g/mol. The molecule has 3 rings (SSSR count). The number of aryl methyl sites for hydroxylation is 1. The van der Waals surface area contributed by atoms with Crippen molar-refractivity contribution in [1.82, 2.24) is 14.6 Å². The highest BCUT2D eigenvalue weighted by Gasteiger charge is 2.32. The molecule has 1 aromatic heterocycles. The number of nitrogens with one attached hydrogen (secondary N) is 1. The number of aromatic nitrogens is 1. The van der Waals surface area contributed by atoms with Crippen LogP contribution in [0.5, 0.6) is 0 Å². The fourth-order valence-electron chi connectivity index (χ4n) is 2.33. The van der Waals surface area contributed by atoms with Crippen LogP contribution >= 0.6 is 12.4 Å². The first kappa shape index (κ1) is 16.2. The summed E-state index contributed by atoms with van der Waals surface area (Å²) in [7, 11) is -1.87. The van der Waals surface area contributed by atoms with Crippen molar-refractivity contribution in [3.05, 3.63) is 36.0 Å². The van der Waals surface area contributed by atoms with Crippen molar-refractivity contribution in [2.45, 2.75) is 17.9 Å². The third-order valence-electron chi connectivity index (χ3n) is 3.74. The molecule has 0 atom stereocenters. The summed E-state index contributed by atoms with van der Waals surface area (Å²) in [6.07, 6.45) is 1.70. The Labute approximate surface area is 130 Å². The van der Waals surface area contributed by atoms with Gasteiger partial charge in [-0.1, -0.05) is 12.1 Å². The third-order valence-corrected chi connectivity index (χ3v) is 5.68. The van der Waals surface area contributed by atoms with E-state index in [4.69, 9.17) is 0 Å². The second-order valence-electron chi connectivity index (χ2n) is 5.17. The van der Waals surface area contributed by atoms with E-state index in [1.165, 1.54) is 4.31 Å². The number of rotatable bonds is 3. The van der Waals surface area contributed by atoms with Crippen LogP contribution in [0.15, 0.2) is 35.4 Å². The fourth-order valence-corrected chi connectivity index (χ4v) is 3.85. The second kappa shape index (κ2) is 5.88. The average Bonchev–Trinajstić information content (AvgIpc) is 2.35. The van der Waals surface area contributed by atoms with Crippen molar-refractivity contribution < 1.29 is 8.42 Å². The first-order valence-electron chi connectivity index (χ1n) is 6.54. The number of para-hydroxylation sites is 1. The highest BCUT2D eigenvalue weighted by atomic mass is 35.5. The average molecular weight is 328 g/mol. The van der Waals surface area contributed by atoms with Crippen molar-refractivity contribution in [2.24, 2.45) is 0 Å². The lowest BCUT2D eigenvalue weighted by atomic mass is 10.2. The maximum absolute atomic E-state index is 12.7. The standard InChI is InChI=1S/C14H17N3O2S.ClH/c1-10-6-11-4-3-5-13(14(11)16-7-10)20(18,19)17(2)12-8-15-9-12;/h3-7,12,15H,8-9H2,1-2H3;1H. The molecule has 114 valence electrons. The van der Waals surface area contributed by atoms with Gasteiger partial charge in [0, 0.05) is 37.8 Å². The highest BCUT2D eigenvalue weighted by Crippen LogP contribution is 2.25. The van der Waals surface area contributed by atoms with E-state index < -0.39 is 10.0 Å². The molecule has 0 spiro atoms. The van der Waals surface area contributed by atoms with Gasteiger partial charge in [0.2, 0.25) is 10.0 Å². The summed E-state index contributed by atoms with van der Waals surface area (Å²) in [6, 6.07) is 7.26. The minimum absolute atomic E-state index is 0. The van der Waals surface area contributed by atoms with Crippen LogP contribution < -0.4 is 5.32 Å². The molecule has 2 aromatic rings. The lowest BCUT2D eigenvalue weighted by Crippen LogP contribution is -2.57. The van der Waals surface area contributed by atoms with E-state index in [9.17, 15) is 8.42 Å². The summed E-state index contributed by atoms with van der Waals surface area (Å²) < 4.78 is 26.9. The van der Waals surface area contributed by atoms with Crippen LogP contribution in [0.2, 0.25) is 0 Å². The maximum Gasteiger partial charge on any atom is 0.245 e. The van der Waals surface area contributed by atoms with Gasteiger partial charge in [0.1, 0.15) is 4.90 Å². The number of benzene rings is 1.